The average Bonchev–Trinajstić information content (AvgIpc) is 3.48. The Kier molecular flexibility index (Phi) is 5.11. The Hall–Kier alpha value is -5.12. The minimum Gasteiger partial charge on any atom is -0.324 e. The third kappa shape index (κ3) is 3.61. The first-order valence-electron chi connectivity index (χ1n) is 11.2. The molecule has 6 rings (SSSR count). The number of aromatic nitrogens is 7. The van der Waals surface area contributed by atoms with E-state index in [1.54, 1.807) is 49.4 Å². The van der Waals surface area contributed by atoms with Gasteiger partial charge in [-0.15, -0.1) is 0 Å². The number of nitrogens with one attached hydrogen (secondary N) is 1. The number of nitrogens with zero attached hydrogens (tertiary/aromatic N) is 7. The minimum atomic E-state index is -0.371. The number of fused-ring (bicyclic) bond motifs is 2. The van der Waals surface area contributed by atoms with Crippen LogP contribution in [-0.2, 0) is 11.3 Å². The van der Waals surface area contributed by atoms with E-state index in [0.717, 1.165) is 16.6 Å². The van der Waals surface area contributed by atoms with Crippen LogP contribution in [0.1, 0.15) is 5.56 Å². The lowest BCUT2D eigenvalue weighted by Crippen LogP contribution is -2.29. The lowest BCUT2D eigenvalue weighted by Gasteiger charge is -2.06. The Morgan fingerprint density at radius 2 is 1.81 bits per heavy atom. The molecule has 10 nitrogen and oxygen atoms in total. The lowest BCUT2D eigenvalue weighted by molar-refractivity contribution is -0.116. The first kappa shape index (κ1) is 21.4. The van der Waals surface area contributed by atoms with Gasteiger partial charge in [-0.25, -0.2) is 19.3 Å². The largest absolute Gasteiger partial charge is 0.335 e. The molecule has 0 bridgehead atoms. The Morgan fingerprint density at radius 3 is 2.61 bits per heavy atom. The van der Waals surface area contributed by atoms with E-state index in [0.29, 0.717) is 28.2 Å². The predicted octanol–water partition coefficient (Wildman–Crippen LogP) is 3.24. The SMILES string of the molecule is Cc1cccc2c1n(-c1cnc(-c3cccn4cncc34)cn1)c(=O)n2CC(=O)Nc1ccncc1. The highest BCUT2D eigenvalue weighted by molar-refractivity contribution is 5.92. The van der Waals surface area contributed by atoms with Crippen LogP contribution in [0.4, 0.5) is 5.69 Å². The van der Waals surface area contributed by atoms with E-state index in [1.807, 2.05) is 47.9 Å². The molecule has 0 saturated heterocycles. The van der Waals surface area contributed by atoms with Crippen molar-refractivity contribution in [2.24, 2.45) is 0 Å². The van der Waals surface area contributed by atoms with Crippen molar-refractivity contribution >= 4 is 28.1 Å². The molecule has 6 aromatic rings. The van der Waals surface area contributed by atoms with Gasteiger partial charge in [-0.2, -0.15) is 0 Å². The molecule has 0 radical (unpaired) electrons. The maximum Gasteiger partial charge on any atom is 0.335 e. The van der Waals surface area contributed by atoms with Crippen LogP contribution < -0.4 is 11.0 Å². The van der Waals surface area contributed by atoms with Gasteiger partial charge in [-0.05, 0) is 42.8 Å². The Morgan fingerprint density at radius 1 is 0.944 bits per heavy atom. The normalized spacial score (nSPS) is 11.2. The number of carbonyl (C=O) groups is 1. The maximum atomic E-state index is 13.6. The maximum absolute atomic E-state index is 13.6. The van der Waals surface area contributed by atoms with Crippen molar-refractivity contribution in [3.05, 3.63) is 102 Å². The number of amides is 1. The molecular formula is C26H20N8O2. The highest BCUT2D eigenvalue weighted by Crippen LogP contribution is 2.24. The van der Waals surface area contributed by atoms with Gasteiger partial charge in [0.25, 0.3) is 0 Å². The summed E-state index contributed by atoms with van der Waals surface area (Å²) in [5.41, 5.74) is 4.89. The number of imidazole rings is 2. The molecule has 0 unspecified atom stereocenters. The van der Waals surface area contributed by atoms with E-state index in [1.165, 1.54) is 9.13 Å². The first-order chi connectivity index (χ1) is 17.6. The third-order valence-corrected chi connectivity index (χ3v) is 6.01. The molecule has 5 heterocycles. The van der Waals surface area contributed by atoms with Gasteiger partial charge in [0.05, 0.1) is 47.2 Å². The van der Waals surface area contributed by atoms with E-state index in [2.05, 4.69) is 25.3 Å². The van der Waals surface area contributed by atoms with Crippen molar-refractivity contribution in [3.63, 3.8) is 0 Å². The Labute approximate surface area is 204 Å². The standard InChI is InChI=1S/C26H20N8O2/c1-17-4-2-6-21-25(17)34(26(36)33(21)15-24(35)31-18-7-9-27-10-8-18)23-14-29-20(12-30-23)19-5-3-11-32-16-28-13-22(19)32/h2-14,16H,15H2,1H3,(H,27,31,35). The molecule has 1 amide bonds. The van der Waals surface area contributed by atoms with E-state index < -0.39 is 0 Å². The monoisotopic (exact) mass is 476 g/mol. The molecule has 36 heavy (non-hydrogen) atoms. The van der Waals surface area contributed by atoms with Crippen molar-refractivity contribution in [3.8, 4) is 17.1 Å². The summed E-state index contributed by atoms with van der Waals surface area (Å²) in [4.78, 5) is 43.7. The van der Waals surface area contributed by atoms with Crippen LogP contribution in [0, 0.1) is 6.92 Å². The predicted molar refractivity (Wildman–Crippen MR) is 135 cm³/mol. The van der Waals surface area contributed by atoms with Crippen LogP contribution >= 0.6 is 0 Å². The molecule has 5 aromatic heterocycles. The molecule has 10 heteroatoms. The second-order valence-corrected chi connectivity index (χ2v) is 8.30. The molecule has 0 atom stereocenters. The summed E-state index contributed by atoms with van der Waals surface area (Å²) in [6, 6.07) is 12.8. The summed E-state index contributed by atoms with van der Waals surface area (Å²) >= 11 is 0. The van der Waals surface area contributed by atoms with Gasteiger partial charge < -0.3 is 9.72 Å². The first-order valence-corrected chi connectivity index (χ1v) is 11.2. The highest BCUT2D eigenvalue weighted by Gasteiger charge is 2.19. The van der Waals surface area contributed by atoms with Crippen molar-refractivity contribution in [1.82, 2.24) is 33.5 Å². The number of hydrogen-bond donors (Lipinski definition) is 1. The van der Waals surface area contributed by atoms with Crippen LogP contribution in [-0.4, -0.2) is 39.4 Å². The molecule has 0 fully saturated rings. The van der Waals surface area contributed by atoms with Crippen LogP contribution in [0.2, 0.25) is 0 Å². The van der Waals surface area contributed by atoms with Crippen molar-refractivity contribution in [2.45, 2.75) is 13.5 Å². The number of pyridine rings is 2. The highest BCUT2D eigenvalue weighted by atomic mass is 16.2. The molecule has 0 saturated carbocycles. The number of rotatable bonds is 5. The minimum absolute atomic E-state index is 0.150. The summed E-state index contributed by atoms with van der Waals surface area (Å²) < 4.78 is 4.85. The summed E-state index contributed by atoms with van der Waals surface area (Å²) in [6.45, 7) is 1.77. The zero-order valence-electron chi connectivity index (χ0n) is 19.2. The molecule has 0 aliphatic carbocycles. The van der Waals surface area contributed by atoms with E-state index in [4.69, 9.17) is 0 Å². The summed E-state index contributed by atoms with van der Waals surface area (Å²) in [5.74, 6) is 0.0518. The average molecular weight is 477 g/mol. The molecule has 0 aliphatic rings. The quantitative estimate of drug-likeness (QED) is 0.409. The molecule has 1 N–H and O–H groups in total. The van der Waals surface area contributed by atoms with Crippen LogP contribution in [0.15, 0.2) is 90.8 Å². The second-order valence-electron chi connectivity index (χ2n) is 8.30. The second kappa shape index (κ2) is 8.58. The smallest absolute Gasteiger partial charge is 0.324 e. The number of hydrogen-bond acceptors (Lipinski definition) is 6. The topological polar surface area (TPSA) is 112 Å². The molecule has 0 spiro atoms. The fourth-order valence-corrected chi connectivity index (χ4v) is 4.36. The zero-order valence-corrected chi connectivity index (χ0v) is 19.2. The summed E-state index contributed by atoms with van der Waals surface area (Å²) in [6.07, 6.45) is 11.8. The van der Waals surface area contributed by atoms with Crippen molar-refractivity contribution in [1.29, 1.82) is 0 Å². The van der Waals surface area contributed by atoms with Gasteiger partial charge in [0, 0.05) is 29.8 Å². The number of aryl methyl sites for hydroxylation is 1. The van der Waals surface area contributed by atoms with Gasteiger partial charge in [0.1, 0.15) is 6.54 Å². The van der Waals surface area contributed by atoms with Gasteiger partial charge >= 0.3 is 5.69 Å². The van der Waals surface area contributed by atoms with Crippen LogP contribution in [0.5, 0.6) is 0 Å². The van der Waals surface area contributed by atoms with E-state index >= 15 is 0 Å². The zero-order chi connectivity index (χ0) is 24.6. The van der Waals surface area contributed by atoms with Crippen LogP contribution in [0.3, 0.4) is 0 Å². The van der Waals surface area contributed by atoms with Gasteiger partial charge in [-0.1, -0.05) is 12.1 Å². The van der Waals surface area contributed by atoms with Gasteiger partial charge in [-0.3, -0.25) is 19.3 Å². The molecular weight excluding hydrogens is 456 g/mol. The number of carbonyl (C=O) groups excluding carboxylic acids is 1. The Balaban J connectivity index is 1.41. The fraction of sp³-hybridized carbons (Fsp3) is 0.0769. The molecule has 0 aliphatic heterocycles. The third-order valence-electron chi connectivity index (χ3n) is 6.01. The van der Waals surface area contributed by atoms with Crippen molar-refractivity contribution in [2.75, 3.05) is 5.32 Å². The van der Waals surface area contributed by atoms with Crippen LogP contribution in [0.25, 0.3) is 33.6 Å². The van der Waals surface area contributed by atoms with Gasteiger partial charge in [0.2, 0.25) is 5.91 Å². The van der Waals surface area contributed by atoms with Crippen molar-refractivity contribution < 1.29 is 4.79 Å². The molecule has 176 valence electrons. The van der Waals surface area contributed by atoms with E-state index in [9.17, 15) is 9.59 Å². The Bertz CT molecular complexity index is 1780. The number of benzene rings is 1. The molecule has 1 aromatic carbocycles. The van der Waals surface area contributed by atoms with E-state index in [-0.39, 0.29) is 18.1 Å². The number of para-hydroxylation sites is 1. The number of anilines is 1. The van der Waals surface area contributed by atoms with Gasteiger partial charge in [0.15, 0.2) is 5.82 Å². The lowest BCUT2D eigenvalue weighted by atomic mass is 10.2. The summed E-state index contributed by atoms with van der Waals surface area (Å²) in [5, 5.41) is 2.80. The fourth-order valence-electron chi connectivity index (χ4n) is 4.36. The summed E-state index contributed by atoms with van der Waals surface area (Å²) in [7, 11) is 0.